The van der Waals surface area contributed by atoms with E-state index in [2.05, 4.69) is 42.4 Å². The number of methoxy groups -OCH3 is 1. The van der Waals surface area contributed by atoms with Crippen LogP contribution in [0.1, 0.15) is 64.9 Å². The summed E-state index contributed by atoms with van der Waals surface area (Å²) in [6, 6.07) is 7.19. The largest absolute Gasteiger partial charge is 0.493 e. The van der Waals surface area contributed by atoms with E-state index in [1.807, 2.05) is 12.1 Å². The molecular weight excluding hydrogens is 376 g/mol. The van der Waals surface area contributed by atoms with Gasteiger partial charge in [-0.05, 0) is 65.4 Å². The summed E-state index contributed by atoms with van der Waals surface area (Å²) in [5.41, 5.74) is 1.08. The summed E-state index contributed by atoms with van der Waals surface area (Å²) in [6.07, 6.45) is 7.34. The van der Waals surface area contributed by atoms with Gasteiger partial charge in [-0.15, -0.1) is 0 Å². The first-order valence-electron chi connectivity index (χ1n) is 11.7. The lowest BCUT2D eigenvalue weighted by Gasteiger charge is -2.35. The number of piperidine rings is 1. The molecular formula is C24H40N4O2. The molecule has 0 atom stereocenters. The topological polar surface area (TPSA) is 58.1 Å². The van der Waals surface area contributed by atoms with Crippen LogP contribution in [0, 0.1) is 0 Å². The summed E-state index contributed by atoms with van der Waals surface area (Å²) < 4.78 is 12.0. The fourth-order valence-electron chi connectivity index (χ4n) is 4.39. The summed E-state index contributed by atoms with van der Waals surface area (Å²) >= 11 is 0. The van der Waals surface area contributed by atoms with Crippen molar-refractivity contribution < 1.29 is 9.47 Å². The smallest absolute Gasteiger partial charge is 0.191 e. The highest BCUT2D eigenvalue weighted by Gasteiger charge is 2.22. The molecule has 6 nitrogen and oxygen atoms in total. The van der Waals surface area contributed by atoms with Crippen molar-refractivity contribution >= 4 is 5.96 Å². The lowest BCUT2D eigenvalue weighted by molar-refractivity contribution is 0.167. The zero-order valence-corrected chi connectivity index (χ0v) is 19.2. The van der Waals surface area contributed by atoms with Gasteiger partial charge in [0.15, 0.2) is 17.5 Å². The second kappa shape index (κ2) is 11.4. The van der Waals surface area contributed by atoms with Crippen molar-refractivity contribution in [3.63, 3.8) is 0 Å². The maximum absolute atomic E-state index is 6.36. The second-order valence-electron chi connectivity index (χ2n) is 8.72. The normalized spacial score (nSPS) is 19.3. The molecule has 2 N–H and O–H groups in total. The van der Waals surface area contributed by atoms with Crippen molar-refractivity contribution in [3.05, 3.63) is 23.8 Å². The number of ether oxygens (including phenoxy) is 2. The molecule has 1 heterocycles. The van der Waals surface area contributed by atoms with Gasteiger partial charge in [0.2, 0.25) is 0 Å². The van der Waals surface area contributed by atoms with E-state index in [9.17, 15) is 0 Å². The van der Waals surface area contributed by atoms with Crippen molar-refractivity contribution in [2.45, 2.75) is 84.0 Å². The number of hydrogen-bond acceptors (Lipinski definition) is 4. The molecule has 1 saturated heterocycles. The monoisotopic (exact) mass is 416 g/mol. The van der Waals surface area contributed by atoms with E-state index in [-0.39, 0.29) is 0 Å². The van der Waals surface area contributed by atoms with E-state index in [0.29, 0.717) is 24.7 Å². The van der Waals surface area contributed by atoms with Gasteiger partial charge in [0.05, 0.1) is 19.8 Å². The predicted octanol–water partition coefficient (Wildman–Crippen LogP) is 3.94. The van der Waals surface area contributed by atoms with Crippen LogP contribution in [0.15, 0.2) is 23.2 Å². The molecule has 0 radical (unpaired) electrons. The van der Waals surface area contributed by atoms with Crippen molar-refractivity contribution in [1.29, 1.82) is 0 Å². The van der Waals surface area contributed by atoms with E-state index in [0.717, 1.165) is 68.3 Å². The average molecular weight is 417 g/mol. The first kappa shape index (κ1) is 22.7. The molecule has 0 unspecified atom stereocenters. The highest BCUT2D eigenvalue weighted by atomic mass is 16.5. The minimum atomic E-state index is 0.293. The van der Waals surface area contributed by atoms with Crippen LogP contribution in [-0.2, 0) is 6.54 Å². The summed E-state index contributed by atoms with van der Waals surface area (Å²) in [5, 5.41) is 7.06. The van der Waals surface area contributed by atoms with Crippen LogP contribution in [0.4, 0.5) is 0 Å². The van der Waals surface area contributed by atoms with Gasteiger partial charge in [0.25, 0.3) is 0 Å². The molecule has 1 aliphatic carbocycles. The first-order chi connectivity index (χ1) is 14.6. The van der Waals surface area contributed by atoms with Crippen LogP contribution in [0.25, 0.3) is 0 Å². The highest BCUT2D eigenvalue weighted by Crippen LogP contribution is 2.35. The Morgan fingerprint density at radius 3 is 2.53 bits per heavy atom. The molecule has 2 aliphatic rings. The molecule has 3 rings (SSSR count). The number of para-hydroxylation sites is 1. The molecule has 1 aromatic rings. The maximum Gasteiger partial charge on any atom is 0.191 e. The van der Waals surface area contributed by atoms with Crippen molar-refractivity contribution in [3.8, 4) is 11.5 Å². The van der Waals surface area contributed by atoms with Crippen LogP contribution < -0.4 is 20.1 Å². The van der Waals surface area contributed by atoms with Gasteiger partial charge >= 0.3 is 0 Å². The Morgan fingerprint density at radius 1 is 1.17 bits per heavy atom. The summed E-state index contributed by atoms with van der Waals surface area (Å²) in [7, 11) is 1.71. The summed E-state index contributed by atoms with van der Waals surface area (Å²) in [4.78, 5) is 7.43. The number of rotatable bonds is 8. The molecule has 168 valence electrons. The second-order valence-corrected chi connectivity index (χ2v) is 8.72. The zero-order chi connectivity index (χ0) is 21.3. The van der Waals surface area contributed by atoms with Crippen molar-refractivity contribution in [1.82, 2.24) is 15.5 Å². The third-order valence-corrected chi connectivity index (χ3v) is 6.22. The molecule has 0 amide bonds. The number of guanidine groups is 1. The molecule has 30 heavy (non-hydrogen) atoms. The van der Waals surface area contributed by atoms with Crippen molar-refractivity contribution in [2.75, 3.05) is 26.7 Å². The number of benzene rings is 1. The number of aliphatic imine (C=N–C) groups is 1. The molecule has 1 saturated carbocycles. The summed E-state index contributed by atoms with van der Waals surface area (Å²) in [5.74, 6) is 2.54. The lowest BCUT2D eigenvalue weighted by atomic mass is 10.0. The third-order valence-electron chi connectivity index (χ3n) is 6.22. The van der Waals surface area contributed by atoms with Crippen LogP contribution >= 0.6 is 0 Å². The summed E-state index contributed by atoms with van der Waals surface area (Å²) in [6.45, 7) is 10.4. The van der Waals surface area contributed by atoms with Crippen molar-refractivity contribution in [2.24, 2.45) is 4.99 Å². The molecule has 0 spiro atoms. The third kappa shape index (κ3) is 6.27. The van der Waals surface area contributed by atoms with Crippen LogP contribution in [0.2, 0.25) is 0 Å². The van der Waals surface area contributed by atoms with E-state index in [4.69, 9.17) is 14.5 Å². The van der Waals surface area contributed by atoms with Gasteiger partial charge < -0.3 is 25.0 Å². The van der Waals surface area contributed by atoms with Gasteiger partial charge in [-0.1, -0.05) is 12.1 Å². The van der Waals surface area contributed by atoms with Crippen LogP contribution in [0.5, 0.6) is 11.5 Å². The standard InChI is InChI=1S/C24H40N4O2/c1-5-25-24(27-20-13-15-28(16-14-20)18(2)3)26-17-19-9-8-12-22(29-4)23(19)30-21-10-6-7-11-21/h8-9,12,18,20-21H,5-7,10-11,13-17H2,1-4H3,(H2,25,26,27). The average Bonchev–Trinajstić information content (AvgIpc) is 3.26. The fourth-order valence-corrected chi connectivity index (χ4v) is 4.39. The molecule has 6 heteroatoms. The Morgan fingerprint density at radius 2 is 1.90 bits per heavy atom. The van der Waals surface area contributed by atoms with E-state index < -0.39 is 0 Å². The number of nitrogens with zero attached hydrogens (tertiary/aromatic N) is 2. The van der Waals surface area contributed by atoms with Gasteiger partial charge in [0.1, 0.15) is 0 Å². The fraction of sp³-hybridized carbons (Fsp3) is 0.708. The molecule has 0 bridgehead atoms. The Kier molecular flexibility index (Phi) is 8.67. The number of nitrogens with one attached hydrogen (secondary N) is 2. The van der Waals surface area contributed by atoms with Crippen LogP contribution in [-0.4, -0.2) is 55.8 Å². The quantitative estimate of drug-likeness (QED) is 0.496. The van der Waals surface area contributed by atoms with E-state index in [1.165, 1.54) is 12.8 Å². The van der Waals surface area contributed by atoms with Gasteiger partial charge in [0, 0.05) is 37.3 Å². The SMILES string of the molecule is CCNC(=NCc1cccc(OC)c1OC1CCCC1)NC1CCN(C(C)C)CC1. The molecule has 0 aromatic heterocycles. The highest BCUT2D eigenvalue weighted by molar-refractivity contribution is 5.80. The molecule has 2 fully saturated rings. The molecule has 1 aromatic carbocycles. The Hall–Kier alpha value is -1.95. The van der Waals surface area contributed by atoms with Gasteiger partial charge in [-0.3, -0.25) is 0 Å². The minimum Gasteiger partial charge on any atom is -0.493 e. The van der Waals surface area contributed by atoms with Gasteiger partial charge in [-0.2, -0.15) is 0 Å². The van der Waals surface area contributed by atoms with E-state index >= 15 is 0 Å². The van der Waals surface area contributed by atoms with E-state index in [1.54, 1.807) is 7.11 Å². The first-order valence-corrected chi connectivity index (χ1v) is 11.7. The Balaban J connectivity index is 1.66. The molecule has 1 aliphatic heterocycles. The Labute approximate surface area is 182 Å². The maximum atomic E-state index is 6.36. The number of likely N-dealkylation sites (tertiary alicyclic amines) is 1. The predicted molar refractivity (Wildman–Crippen MR) is 124 cm³/mol. The number of hydrogen-bond donors (Lipinski definition) is 2. The zero-order valence-electron chi connectivity index (χ0n) is 19.2. The lowest BCUT2D eigenvalue weighted by Crippen LogP contribution is -2.49. The minimum absolute atomic E-state index is 0.293. The van der Waals surface area contributed by atoms with Gasteiger partial charge in [-0.25, -0.2) is 4.99 Å². The van der Waals surface area contributed by atoms with Crippen LogP contribution in [0.3, 0.4) is 0 Å². The Bertz CT molecular complexity index is 678.